The lowest BCUT2D eigenvalue weighted by Gasteiger charge is -2.15. The predicted octanol–water partition coefficient (Wildman–Crippen LogP) is 0.948. The first-order valence-corrected chi connectivity index (χ1v) is 5.89. The van der Waals surface area contributed by atoms with E-state index in [9.17, 15) is 14.7 Å². The lowest BCUT2D eigenvalue weighted by atomic mass is 9.96. The second-order valence-electron chi connectivity index (χ2n) is 4.50. The number of carbonyl (C=O) groups excluding carboxylic acids is 1. The van der Waals surface area contributed by atoms with Crippen LogP contribution in [0.4, 0.5) is 0 Å². The number of phenols is 1. The SMILES string of the molecule is COc1cc(C2CC(C(=O)O)CN2)c(C=O)cc1O. The first-order valence-electron chi connectivity index (χ1n) is 5.89. The van der Waals surface area contributed by atoms with Crippen LogP contribution in [0.25, 0.3) is 0 Å². The third-order valence-electron chi connectivity index (χ3n) is 3.37. The van der Waals surface area contributed by atoms with Gasteiger partial charge >= 0.3 is 5.97 Å². The number of hydrogen-bond acceptors (Lipinski definition) is 5. The number of aldehydes is 1. The molecule has 2 atom stereocenters. The number of carboxylic acid groups (broad SMARTS) is 1. The fraction of sp³-hybridized carbons (Fsp3) is 0.385. The zero-order chi connectivity index (χ0) is 14.0. The van der Waals surface area contributed by atoms with Gasteiger partial charge < -0.3 is 20.3 Å². The minimum Gasteiger partial charge on any atom is -0.504 e. The average Bonchev–Trinajstić information content (AvgIpc) is 2.88. The molecule has 0 amide bonds. The predicted molar refractivity (Wildman–Crippen MR) is 66.5 cm³/mol. The maximum atomic E-state index is 11.1. The van der Waals surface area contributed by atoms with E-state index >= 15 is 0 Å². The Balaban J connectivity index is 2.34. The van der Waals surface area contributed by atoms with Crippen LogP contribution in [0.1, 0.15) is 28.4 Å². The lowest BCUT2D eigenvalue weighted by molar-refractivity contribution is -0.141. The van der Waals surface area contributed by atoms with Gasteiger partial charge in [0, 0.05) is 18.2 Å². The van der Waals surface area contributed by atoms with Crippen LogP contribution in [0.2, 0.25) is 0 Å². The molecule has 1 aliphatic heterocycles. The first kappa shape index (κ1) is 13.4. The molecular formula is C13H15NO5. The van der Waals surface area contributed by atoms with Gasteiger partial charge in [-0.1, -0.05) is 0 Å². The molecule has 0 aromatic heterocycles. The zero-order valence-corrected chi connectivity index (χ0v) is 10.4. The van der Waals surface area contributed by atoms with Gasteiger partial charge in [-0.05, 0) is 24.1 Å². The molecule has 1 aromatic rings. The molecule has 1 heterocycles. The number of phenolic OH excluding ortho intramolecular Hbond substituents is 1. The van der Waals surface area contributed by atoms with Crippen molar-refractivity contribution in [1.29, 1.82) is 0 Å². The van der Waals surface area contributed by atoms with Crippen LogP contribution < -0.4 is 10.1 Å². The van der Waals surface area contributed by atoms with Gasteiger partial charge in [0.1, 0.15) is 0 Å². The molecule has 2 rings (SSSR count). The van der Waals surface area contributed by atoms with Crippen LogP contribution in [0.15, 0.2) is 12.1 Å². The molecule has 6 nitrogen and oxygen atoms in total. The standard InChI is InChI=1S/C13H15NO5/c1-19-12-4-9(8(6-15)3-11(12)16)10-2-7(5-14-10)13(17)18/h3-4,6-7,10,14,16H,2,5H2,1H3,(H,17,18). The van der Waals surface area contributed by atoms with Crippen molar-refractivity contribution in [1.82, 2.24) is 5.32 Å². The summed E-state index contributed by atoms with van der Waals surface area (Å²) >= 11 is 0. The highest BCUT2D eigenvalue weighted by Gasteiger charge is 2.31. The van der Waals surface area contributed by atoms with Crippen molar-refractivity contribution in [2.45, 2.75) is 12.5 Å². The monoisotopic (exact) mass is 265 g/mol. The lowest BCUT2D eigenvalue weighted by Crippen LogP contribution is -2.17. The maximum absolute atomic E-state index is 11.1. The molecule has 1 aromatic carbocycles. The molecule has 0 spiro atoms. The van der Waals surface area contributed by atoms with Gasteiger partial charge in [-0.15, -0.1) is 0 Å². The molecule has 0 bridgehead atoms. The molecule has 2 unspecified atom stereocenters. The smallest absolute Gasteiger partial charge is 0.307 e. The molecule has 19 heavy (non-hydrogen) atoms. The molecule has 1 saturated heterocycles. The van der Waals surface area contributed by atoms with Crippen LogP contribution in [0.3, 0.4) is 0 Å². The number of carbonyl (C=O) groups is 2. The molecule has 6 heteroatoms. The Morgan fingerprint density at radius 1 is 1.53 bits per heavy atom. The molecule has 0 aliphatic carbocycles. The number of aromatic hydroxyl groups is 1. The van der Waals surface area contributed by atoms with E-state index in [0.717, 1.165) is 0 Å². The van der Waals surface area contributed by atoms with Gasteiger partial charge in [-0.25, -0.2) is 0 Å². The van der Waals surface area contributed by atoms with Crippen LogP contribution in [-0.2, 0) is 4.79 Å². The third-order valence-corrected chi connectivity index (χ3v) is 3.37. The fourth-order valence-electron chi connectivity index (χ4n) is 2.33. The Morgan fingerprint density at radius 2 is 2.26 bits per heavy atom. The summed E-state index contributed by atoms with van der Waals surface area (Å²) in [6, 6.07) is 2.67. The van der Waals surface area contributed by atoms with Crippen molar-refractivity contribution < 1.29 is 24.5 Å². The number of ether oxygens (including phenoxy) is 1. The topological polar surface area (TPSA) is 95.9 Å². The number of hydrogen-bond donors (Lipinski definition) is 3. The molecule has 1 fully saturated rings. The number of methoxy groups -OCH3 is 1. The number of aliphatic carboxylic acids is 1. The molecule has 0 saturated carbocycles. The third kappa shape index (κ3) is 2.53. The zero-order valence-electron chi connectivity index (χ0n) is 10.4. The van der Waals surface area contributed by atoms with Gasteiger partial charge in [0.05, 0.1) is 13.0 Å². The highest BCUT2D eigenvalue weighted by molar-refractivity contribution is 5.80. The number of carboxylic acids is 1. The van der Waals surface area contributed by atoms with Gasteiger partial charge in [0.2, 0.25) is 0 Å². The Morgan fingerprint density at radius 3 is 2.79 bits per heavy atom. The molecule has 3 N–H and O–H groups in total. The van der Waals surface area contributed by atoms with Crippen molar-refractivity contribution in [3.63, 3.8) is 0 Å². The van der Waals surface area contributed by atoms with Gasteiger partial charge in [-0.3, -0.25) is 9.59 Å². The second kappa shape index (κ2) is 5.27. The van der Waals surface area contributed by atoms with Crippen molar-refractivity contribution in [2.75, 3.05) is 13.7 Å². The Kier molecular flexibility index (Phi) is 3.71. The normalized spacial score (nSPS) is 22.2. The van der Waals surface area contributed by atoms with Crippen molar-refractivity contribution >= 4 is 12.3 Å². The largest absolute Gasteiger partial charge is 0.504 e. The van der Waals surface area contributed by atoms with Crippen LogP contribution >= 0.6 is 0 Å². The van der Waals surface area contributed by atoms with E-state index < -0.39 is 11.9 Å². The minimum atomic E-state index is -0.853. The van der Waals surface area contributed by atoms with Gasteiger partial charge in [0.15, 0.2) is 17.8 Å². The van der Waals surface area contributed by atoms with E-state index in [1.807, 2.05) is 0 Å². The van der Waals surface area contributed by atoms with Gasteiger partial charge in [-0.2, -0.15) is 0 Å². The first-order chi connectivity index (χ1) is 9.06. The van der Waals surface area contributed by atoms with E-state index in [1.54, 1.807) is 6.07 Å². The van der Waals surface area contributed by atoms with E-state index in [0.29, 0.717) is 30.4 Å². The number of nitrogens with one attached hydrogen (secondary N) is 1. The quantitative estimate of drug-likeness (QED) is 0.701. The van der Waals surface area contributed by atoms with E-state index in [4.69, 9.17) is 9.84 Å². The summed E-state index contributed by atoms with van der Waals surface area (Å²) in [6.45, 7) is 0.363. The van der Waals surface area contributed by atoms with Crippen molar-refractivity contribution in [2.24, 2.45) is 5.92 Å². The number of rotatable bonds is 4. The van der Waals surface area contributed by atoms with Crippen LogP contribution in [0.5, 0.6) is 11.5 Å². The summed E-state index contributed by atoms with van der Waals surface area (Å²) in [5.41, 5.74) is 0.982. The molecular weight excluding hydrogens is 250 g/mol. The number of benzene rings is 1. The van der Waals surface area contributed by atoms with E-state index in [2.05, 4.69) is 5.32 Å². The second-order valence-corrected chi connectivity index (χ2v) is 4.50. The molecule has 102 valence electrons. The maximum Gasteiger partial charge on any atom is 0.307 e. The fourth-order valence-corrected chi connectivity index (χ4v) is 2.33. The highest BCUT2D eigenvalue weighted by atomic mass is 16.5. The van der Waals surface area contributed by atoms with Crippen molar-refractivity contribution in [3.8, 4) is 11.5 Å². The minimum absolute atomic E-state index is 0.110. The Bertz CT molecular complexity index is 514. The summed E-state index contributed by atoms with van der Waals surface area (Å²) in [7, 11) is 1.42. The van der Waals surface area contributed by atoms with Crippen LogP contribution in [-0.4, -0.2) is 36.1 Å². The summed E-state index contributed by atoms with van der Waals surface area (Å²) < 4.78 is 5.01. The summed E-state index contributed by atoms with van der Waals surface area (Å²) in [4.78, 5) is 22.0. The Labute approximate surface area is 110 Å². The highest BCUT2D eigenvalue weighted by Crippen LogP contribution is 2.35. The molecule has 0 radical (unpaired) electrons. The van der Waals surface area contributed by atoms with Crippen LogP contribution in [0, 0.1) is 5.92 Å². The van der Waals surface area contributed by atoms with E-state index in [1.165, 1.54) is 13.2 Å². The van der Waals surface area contributed by atoms with Crippen molar-refractivity contribution in [3.05, 3.63) is 23.3 Å². The summed E-state index contributed by atoms with van der Waals surface area (Å²) in [5, 5.41) is 21.7. The summed E-state index contributed by atoms with van der Waals surface area (Å²) in [6.07, 6.45) is 1.05. The van der Waals surface area contributed by atoms with E-state index in [-0.39, 0.29) is 17.5 Å². The summed E-state index contributed by atoms with van der Waals surface area (Å²) in [5.74, 6) is -1.17. The van der Waals surface area contributed by atoms with Gasteiger partial charge in [0.25, 0.3) is 0 Å². The average molecular weight is 265 g/mol. The molecule has 1 aliphatic rings. The Hall–Kier alpha value is -2.08.